The van der Waals surface area contributed by atoms with Gasteiger partial charge in [-0.15, -0.1) is 0 Å². The summed E-state index contributed by atoms with van der Waals surface area (Å²) in [6.07, 6.45) is 5.21. The van der Waals surface area contributed by atoms with Crippen molar-refractivity contribution in [2.45, 2.75) is 108 Å². The maximum atomic E-state index is 13.6. The zero-order valence-corrected chi connectivity index (χ0v) is 24.4. The number of epoxide rings is 1. The standard InChI is InChI=1S/C30H45N3O7/c1-6-29(3,38)17-25(34)31-19(2)27(36)33-24(16-21-11-13-22(39-5)14-12-21)28(37)32-23(15-20-9-7-8-10-20)26(35)30(4)18-40-30/h11-14,19-20,23-24,38H,6-10,15-18H2,1-5H3,(H,31,34)(H,32,37)(H,33,36)/t19-,23+,24+,29+,30-/m1/s1. The average Bonchev–Trinajstić information content (AvgIpc) is 3.45. The smallest absolute Gasteiger partial charge is 0.243 e. The molecule has 0 unspecified atom stereocenters. The molecule has 5 atom stereocenters. The largest absolute Gasteiger partial charge is 0.497 e. The van der Waals surface area contributed by atoms with Crippen LogP contribution < -0.4 is 20.7 Å². The minimum Gasteiger partial charge on any atom is -0.497 e. The molecule has 1 saturated carbocycles. The molecule has 1 aromatic carbocycles. The number of rotatable bonds is 15. The van der Waals surface area contributed by atoms with Crippen LogP contribution in [-0.2, 0) is 30.3 Å². The van der Waals surface area contributed by atoms with Gasteiger partial charge in [-0.1, -0.05) is 44.7 Å². The molecule has 0 bridgehead atoms. The number of ether oxygens (including phenoxy) is 2. The highest BCUT2D eigenvalue weighted by Gasteiger charge is 2.50. The van der Waals surface area contributed by atoms with Crippen LogP contribution in [0.25, 0.3) is 0 Å². The number of benzene rings is 1. The third-order valence-electron chi connectivity index (χ3n) is 8.08. The van der Waals surface area contributed by atoms with Crippen molar-refractivity contribution in [1.29, 1.82) is 0 Å². The van der Waals surface area contributed by atoms with Gasteiger partial charge in [-0.25, -0.2) is 0 Å². The third-order valence-corrected chi connectivity index (χ3v) is 8.08. The number of hydrogen-bond donors (Lipinski definition) is 4. The Morgan fingerprint density at radius 2 is 1.68 bits per heavy atom. The molecule has 0 spiro atoms. The third kappa shape index (κ3) is 9.02. The van der Waals surface area contributed by atoms with Gasteiger partial charge in [-0.2, -0.15) is 0 Å². The van der Waals surface area contributed by atoms with Crippen molar-refractivity contribution in [2.75, 3.05) is 13.7 Å². The van der Waals surface area contributed by atoms with E-state index in [1.54, 1.807) is 40.0 Å². The van der Waals surface area contributed by atoms with Crippen LogP contribution in [0.5, 0.6) is 5.75 Å². The van der Waals surface area contributed by atoms with E-state index in [1.165, 1.54) is 6.92 Å². The van der Waals surface area contributed by atoms with Crippen LogP contribution in [0.1, 0.15) is 78.2 Å². The Bertz CT molecular complexity index is 1050. The molecule has 0 aromatic heterocycles. The van der Waals surface area contributed by atoms with E-state index >= 15 is 0 Å². The second-order valence-corrected chi connectivity index (χ2v) is 11.8. The molecule has 10 heteroatoms. The molecular weight excluding hydrogens is 514 g/mol. The van der Waals surface area contributed by atoms with Crippen LogP contribution in [-0.4, -0.2) is 71.7 Å². The van der Waals surface area contributed by atoms with Crippen molar-refractivity contribution in [3.8, 4) is 5.75 Å². The molecule has 10 nitrogen and oxygen atoms in total. The lowest BCUT2D eigenvalue weighted by Crippen LogP contribution is -2.57. The number of Topliss-reactive ketones (excluding diaryl/α,β-unsaturated/α-hetero) is 1. The Kier molecular flexibility index (Phi) is 10.7. The van der Waals surface area contributed by atoms with Crippen LogP contribution in [0.15, 0.2) is 24.3 Å². The quantitative estimate of drug-likeness (QED) is 0.241. The number of amides is 3. The van der Waals surface area contributed by atoms with Crippen LogP contribution in [0.2, 0.25) is 0 Å². The molecule has 2 aliphatic rings. The highest BCUT2D eigenvalue weighted by molar-refractivity contribution is 5.98. The molecule has 3 amide bonds. The summed E-state index contributed by atoms with van der Waals surface area (Å²) in [7, 11) is 1.56. The van der Waals surface area contributed by atoms with Gasteiger partial charge >= 0.3 is 0 Å². The molecule has 40 heavy (non-hydrogen) atoms. The highest BCUT2D eigenvalue weighted by Crippen LogP contribution is 2.33. The van der Waals surface area contributed by atoms with Gasteiger partial charge in [0.05, 0.1) is 31.8 Å². The highest BCUT2D eigenvalue weighted by atomic mass is 16.6. The molecule has 1 aliphatic carbocycles. The second kappa shape index (κ2) is 13.6. The van der Waals surface area contributed by atoms with Gasteiger partial charge in [0, 0.05) is 6.42 Å². The van der Waals surface area contributed by atoms with Crippen molar-refractivity contribution in [1.82, 2.24) is 16.0 Å². The number of nitrogens with one attached hydrogen (secondary N) is 3. The van der Waals surface area contributed by atoms with E-state index in [0.29, 0.717) is 31.1 Å². The number of carbonyl (C=O) groups excluding carboxylic acids is 4. The average molecular weight is 560 g/mol. The first-order valence-corrected chi connectivity index (χ1v) is 14.3. The fraction of sp³-hybridized carbons (Fsp3) is 0.667. The zero-order chi connectivity index (χ0) is 29.5. The molecule has 4 N–H and O–H groups in total. The van der Waals surface area contributed by atoms with E-state index in [2.05, 4.69) is 16.0 Å². The lowest BCUT2D eigenvalue weighted by molar-refractivity contribution is -0.134. The molecule has 1 aliphatic heterocycles. The molecular formula is C30H45N3O7. The lowest BCUT2D eigenvalue weighted by Gasteiger charge is -2.27. The minimum atomic E-state index is -1.18. The summed E-state index contributed by atoms with van der Waals surface area (Å²) >= 11 is 0. The fourth-order valence-electron chi connectivity index (χ4n) is 5.03. The van der Waals surface area contributed by atoms with Crippen molar-refractivity contribution < 1.29 is 33.8 Å². The van der Waals surface area contributed by atoms with Gasteiger partial charge in [-0.05, 0) is 57.2 Å². The van der Waals surface area contributed by atoms with Gasteiger partial charge in [0.1, 0.15) is 23.4 Å². The SMILES string of the molecule is CC[C@](C)(O)CC(=O)N[C@H](C)C(=O)N[C@@H](Cc1ccc(OC)cc1)C(=O)N[C@@H](CC1CCCC1)C(=O)[C@@]1(C)CO1. The summed E-state index contributed by atoms with van der Waals surface area (Å²) in [4.78, 5) is 52.4. The molecule has 1 heterocycles. The summed E-state index contributed by atoms with van der Waals surface area (Å²) in [6, 6.07) is 4.50. The van der Waals surface area contributed by atoms with E-state index < -0.39 is 47.0 Å². The Morgan fingerprint density at radius 3 is 2.23 bits per heavy atom. The molecule has 222 valence electrons. The van der Waals surface area contributed by atoms with Crippen LogP contribution in [0.3, 0.4) is 0 Å². The number of aliphatic hydroxyl groups is 1. The van der Waals surface area contributed by atoms with E-state index in [-0.39, 0.29) is 18.6 Å². The van der Waals surface area contributed by atoms with E-state index in [4.69, 9.17) is 9.47 Å². The van der Waals surface area contributed by atoms with Gasteiger partial charge in [0.25, 0.3) is 0 Å². The van der Waals surface area contributed by atoms with Crippen LogP contribution in [0, 0.1) is 5.92 Å². The Labute approximate surface area is 236 Å². The van der Waals surface area contributed by atoms with Gasteiger partial charge in [-0.3, -0.25) is 19.2 Å². The van der Waals surface area contributed by atoms with Gasteiger partial charge < -0.3 is 30.5 Å². The predicted molar refractivity (Wildman–Crippen MR) is 150 cm³/mol. The summed E-state index contributed by atoms with van der Waals surface area (Å²) in [5, 5.41) is 18.5. The Hall–Kier alpha value is -2.98. The van der Waals surface area contributed by atoms with Crippen molar-refractivity contribution >= 4 is 23.5 Å². The Balaban J connectivity index is 1.74. The molecule has 3 rings (SSSR count). The summed E-state index contributed by atoms with van der Waals surface area (Å²) < 4.78 is 10.6. The maximum Gasteiger partial charge on any atom is 0.243 e. The van der Waals surface area contributed by atoms with E-state index in [9.17, 15) is 24.3 Å². The van der Waals surface area contributed by atoms with Crippen molar-refractivity contribution in [2.24, 2.45) is 5.92 Å². The maximum absolute atomic E-state index is 13.6. The van der Waals surface area contributed by atoms with E-state index in [0.717, 1.165) is 31.2 Å². The molecule has 2 fully saturated rings. The topological polar surface area (TPSA) is 146 Å². The van der Waals surface area contributed by atoms with Crippen LogP contribution >= 0.6 is 0 Å². The number of methoxy groups -OCH3 is 1. The van der Waals surface area contributed by atoms with Gasteiger partial charge in [0.2, 0.25) is 17.7 Å². The fourth-order valence-corrected chi connectivity index (χ4v) is 5.03. The Morgan fingerprint density at radius 1 is 1.07 bits per heavy atom. The first kappa shape index (κ1) is 31.5. The zero-order valence-electron chi connectivity index (χ0n) is 24.4. The number of ketones is 1. The molecule has 0 radical (unpaired) electrons. The lowest BCUT2D eigenvalue weighted by atomic mass is 9.90. The summed E-state index contributed by atoms with van der Waals surface area (Å²) in [5.74, 6) is -0.627. The first-order chi connectivity index (χ1) is 18.9. The van der Waals surface area contributed by atoms with Crippen LogP contribution in [0.4, 0.5) is 0 Å². The molecule has 1 aromatic rings. The van der Waals surface area contributed by atoms with E-state index in [1.807, 2.05) is 12.1 Å². The minimum absolute atomic E-state index is 0.147. The first-order valence-electron chi connectivity index (χ1n) is 14.3. The van der Waals surface area contributed by atoms with Gasteiger partial charge in [0.15, 0.2) is 5.78 Å². The summed E-state index contributed by atoms with van der Waals surface area (Å²) in [6.45, 7) is 6.92. The molecule has 1 saturated heterocycles. The van der Waals surface area contributed by atoms with Crippen molar-refractivity contribution in [3.05, 3.63) is 29.8 Å². The number of carbonyl (C=O) groups is 4. The van der Waals surface area contributed by atoms with Crippen molar-refractivity contribution in [3.63, 3.8) is 0 Å². The second-order valence-electron chi connectivity index (χ2n) is 11.8. The predicted octanol–water partition coefficient (Wildman–Crippen LogP) is 2.20. The normalized spacial score (nSPS) is 22.4. The monoisotopic (exact) mass is 559 g/mol. The number of hydrogen-bond acceptors (Lipinski definition) is 7. The summed E-state index contributed by atoms with van der Waals surface area (Å²) in [5.41, 5.74) is -1.28.